The van der Waals surface area contributed by atoms with Crippen LogP contribution in [-0.2, 0) is 36.6 Å². The van der Waals surface area contributed by atoms with Crippen LogP contribution in [0.2, 0.25) is 0 Å². The van der Waals surface area contributed by atoms with Gasteiger partial charge in [-0.2, -0.15) is 5.10 Å². The number of furan rings is 1. The first kappa shape index (κ1) is 15.7. The van der Waals surface area contributed by atoms with Crippen LogP contribution in [0.25, 0.3) is 0 Å². The maximum Gasteiger partial charge on any atom is 0.273 e. The smallest absolute Gasteiger partial charge is 0.273 e. The second-order valence-electron chi connectivity index (χ2n) is 4.66. The van der Waals surface area contributed by atoms with Gasteiger partial charge in [-0.15, -0.1) is 0 Å². The molecule has 2 rings (SSSR count). The molecule has 0 aliphatic carbocycles. The summed E-state index contributed by atoms with van der Waals surface area (Å²) in [6, 6.07) is 3.10. The van der Waals surface area contributed by atoms with E-state index in [1.807, 2.05) is 13.2 Å². The van der Waals surface area contributed by atoms with Gasteiger partial charge in [0, 0.05) is 25.4 Å². The van der Waals surface area contributed by atoms with Crippen molar-refractivity contribution in [1.82, 2.24) is 19.8 Å². The van der Waals surface area contributed by atoms with E-state index < -0.39 is 10.0 Å². The summed E-state index contributed by atoms with van der Waals surface area (Å²) < 4.78 is 32.4. The van der Waals surface area contributed by atoms with Gasteiger partial charge in [0.25, 0.3) is 10.0 Å². The second-order valence-corrected chi connectivity index (χ2v) is 6.48. The molecule has 0 atom stereocenters. The van der Waals surface area contributed by atoms with Crippen LogP contribution in [0.5, 0.6) is 0 Å². The van der Waals surface area contributed by atoms with Gasteiger partial charge < -0.3 is 9.73 Å². The summed E-state index contributed by atoms with van der Waals surface area (Å²) in [5, 5.41) is 7.52. The first-order valence-corrected chi connectivity index (χ1v) is 8.19. The minimum absolute atomic E-state index is 0.0718. The van der Waals surface area contributed by atoms with Gasteiger partial charge in [-0.25, -0.2) is 13.1 Å². The number of aromatic nitrogens is 2. The summed E-state index contributed by atoms with van der Waals surface area (Å²) in [7, 11) is -0.275. The van der Waals surface area contributed by atoms with E-state index in [4.69, 9.17) is 4.42 Å². The fourth-order valence-electron chi connectivity index (χ4n) is 2.05. The Kier molecular flexibility index (Phi) is 4.81. The summed E-state index contributed by atoms with van der Waals surface area (Å²) in [5.74, 6) is 0.575. The van der Waals surface area contributed by atoms with Crippen molar-refractivity contribution in [3.63, 3.8) is 0 Å². The number of sulfonamides is 1. The number of nitrogens with one attached hydrogen (secondary N) is 2. The zero-order valence-corrected chi connectivity index (χ0v) is 13.2. The molecule has 2 aromatic heterocycles. The van der Waals surface area contributed by atoms with E-state index in [-0.39, 0.29) is 5.09 Å². The SMILES string of the molecule is CCc1nn(C)cc1CNCc1ccc(S(=O)(=O)NC)o1. The van der Waals surface area contributed by atoms with Crippen molar-refractivity contribution in [3.05, 3.63) is 35.3 Å². The van der Waals surface area contributed by atoms with Gasteiger partial charge in [0.15, 0.2) is 0 Å². The van der Waals surface area contributed by atoms with Gasteiger partial charge in [-0.1, -0.05) is 6.92 Å². The standard InChI is InChI=1S/C13H20N4O3S/c1-4-12-10(9-17(3)16-12)7-15-8-11-5-6-13(20-11)21(18,19)14-2/h5-6,9,14-15H,4,7-8H2,1-3H3. The van der Waals surface area contributed by atoms with Crippen LogP contribution in [0.1, 0.15) is 23.9 Å². The Morgan fingerprint density at radius 1 is 1.33 bits per heavy atom. The van der Waals surface area contributed by atoms with Gasteiger partial charge >= 0.3 is 0 Å². The molecule has 21 heavy (non-hydrogen) atoms. The average molecular weight is 312 g/mol. The maximum absolute atomic E-state index is 11.6. The van der Waals surface area contributed by atoms with E-state index in [1.54, 1.807) is 10.7 Å². The molecule has 0 aliphatic rings. The molecule has 0 saturated carbocycles. The van der Waals surface area contributed by atoms with Crippen LogP contribution >= 0.6 is 0 Å². The molecule has 0 saturated heterocycles. The summed E-state index contributed by atoms with van der Waals surface area (Å²) in [4.78, 5) is 0. The van der Waals surface area contributed by atoms with E-state index in [2.05, 4.69) is 22.1 Å². The maximum atomic E-state index is 11.6. The number of hydrogen-bond acceptors (Lipinski definition) is 5. The fourth-order valence-corrected chi connectivity index (χ4v) is 2.71. The predicted molar refractivity (Wildman–Crippen MR) is 78.1 cm³/mol. The Labute approximate surface area is 124 Å². The zero-order chi connectivity index (χ0) is 15.5. The van der Waals surface area contributed by atoms with Crippen molar-refractivity contribution < 1.29 is 12.8 Å². The Bertz CT molecular complexity index is 703. The number of aryl methyl sites for hydroxylation is 2. The lowest BCUT2D eigenvalue weighted by Crippen LogP contribution is -2.18. The van der Waals surface area contributed by atoms with Crippen molar-refractivity contribution in [2.45, 2.75) is 31.5 Å². The van der Waals surface area contributed by atoms with Gasteiger partial charge in [0.2, 0.25) is 5.09 Å². The molecule has 2 N–H and O–H groups in total. The molecule has 0 spiro atoms. The van der Waals surface area contributed by atoms with Crippen LogP contribution in [0.15, 0.2) is 27.8 Å². The molecule has 2 aromatic rings. The predicted octanol–water partition coefficient (Wildman–Crippen LogP) is 0.773. The number of rotatable bonds is 7. The van der Waals surface area contributed by atoms with E-state index in [1.165, 1.54) is 13.1 Å². The highest BCUT2D eigenvalue weighted by molar-refractivity contribution is 7.89. The van der Waals surface area contributed by atoms with Crippen LogP contribution in [0.4, 0.5) is 0 Å². The summed E-state index contributed by atoms with van der Waals surface area (Å²) in [6.45, 7) is 3.18. The quantitative estimate of drug-likeness (QED) is 0.788. The molecule has 0 unspecified atom stereocenters. The van der Waals surface area contributed by atoms with Gasteiger partial charge in [-0.3, -0.25) is 4.68 Å². The largest absolute Gasteiger partial charge is 0.447 e. The number of nitrogens with zero attached hydrogens (tertiary/aromatic N) is 2. The Balaban J connectivity index is 1.95. The molecular formula is C13H20N4O3S. The van der Waals surface area contributed by atoms with Crippen LogP contribution in [0, 0.1) is 0 Å². The molecule has 0 radical (unpaired) electrons. The highest BCUT2D eigenvalue weighted by Crippen LogP contribution is 2.13. The van der Waals surface area contributed by atoms with Crippen molar-refractivity contribution >= 4 is 10.0 Å². The molecule has 0 amide bonds. The molecule has 0 aliphatic heterocycles. The van der Waals surface area contributed by atoms with Crippen LogP contribution in [-0.4, -0.2) is 25.2 Å². The van der Waals surface area contributed by atoms with E-state index in [9.17, 15) is 8.42 Å². The summed E-state index contributed by atoms with van der Waals surface area (Å²) in [6.07, 6.45) is 2.86. The Morgan fingerprint density at radius 2 is 2.10 bits per heavy atom. The van der Waals surface area contributed by atoms with Crippen LogP contribution < -0.4 is 10.0 Å². The van der Waals surface area contributed by atoms with Crippen LogP contribution in [0.3, 0.4) is 0 Å². The first-order valence-electron chi connectivity index (χ1n) is 6.70. The molecule has 0 fully saturated rings. The molecular weight excluding hydrogens is 292 g/mol. The summed E-state index contributed by atoms with van der Waals surface area (Å²) >= 11 is 0. The van der Waals surface area contributed by atoms with Gasteiger partial charge in [-0.05, 0) is 25.6 Å². The lowest BCUT2D eigenvalue weighted by Gasteiger charge is -2.02. The molecule has 0 aromatic carbocycles. The van der Waals surface area contributed by atoms with E-state index in [0.29, 0.717) is 18.8 Å². The third kappa shape index (κ3) is 3.72. The van der Waals surface area contributed by atoms with E-state index in [0.717, 1.165) is 17.7 Å². The molecule has 8 heteroatoms. The minimum Gasteiger partial charge on any atom is -0.447 e. The van der Waals surface area contributed by atoms with Crippen molar-refractivity contribution in [1.29, 1.82) is 0 Å². The monoisotopic (exact) mass is 312 g/mol. The number of hydrogen-bond donors (Lipinski definition) is 2. The molecule has 0 bridgehead atoms. The Morgan fingerprint density at radius 3 is 2.76 bits per heavy atom. The third-order valence-electron chi connectivity index (χ3n) is 3.11. The molecule has 116 valence electrons. The fraction of sp³-hybridized carbons (Fsp3) is 0.462. The van der Waals surface area contributed by atoms with Crippen molar-refractivity contribution in [2.24, 2.45) is 7.05 Å². The Hall–Kier alpha value is -1.64. The third-order valence-corrected chi connectivity index (χ3v) is 4.40. The molecule has 7 nitrogen and oxygen atoms in total. The second kappa shape index (κ2) is 6.42. The minimum atomic E-state index is -3.52. The zero-order valence-electron chi connectivity index (χ0n) is 12.4. The van der Waals surface area contributed by atoms with Gasteiger partial charge in [0.1, 0.15) is 5.76 Å². The first-order chi connectivity index (χ1) is 9.96. The lowest BCUT2D eigenvalue weighted by molar-refractivity contribution is 0.400. The average Bonchev–Trinajstić information content (AvgIpc) is 3.06. The topological polar surface area (TPSA) is 89.2 Å². The lowest BCUT2D eigenvalue weighted by atomic mass is 10.2. The molecule has 2 heterocycles. The summed E-state index contributed by atoms with van der Waals surface area (Å²) in [5.41, 5.74) is 2.19. The van der Waals surface area contributed by atoms with Gasteiger partial charge in [0.05, 0.1) is 12.2 Å². The van der Waals surface area contributed by atoms with E-state index >= 15 is 0 Å². The van der Waals surface area contributed by atoms with Crippen molar-refractivity contribution in [3.8, 4) is 0 Å². The van der Waals surface area contributed by atoms with Crippen molar-refractivity contribution in [2.75, 3.05) is 7.05 Å². The highest BCUT2D eigenvalue weighted by Gasteiger charge is 2.16. The normalized spacial score (nSPS) is 12.0. The highest BCUT2D eigenvalue weighted by atomic mass is 32.2.